The van der Waals surface area contributed by atoms with Gasteiger partial charge in [0.2, 0.25) is 0 Å². The highest BCUT2D eigenvalue weighted by atomic mass is 16.1. The minimum absolute atomic E-state index is 0.0514. The Labute approximate surface area is 168 Å². The molecule has 0 spiro atoms. The number of piperidine rings is 2. The van der Waals surface area contributed by atoms with Gasteiger partial charge >= 0.3 is 0 Å². The van der Waals surface area contributed by atoms with Gasteiger partial charge in [0, 0.05) is 18.3 Å². The second kappa shape index (κ2) is 8.48. The molecule has 1 N–H and O–H groups in total. The molecule has 0 radical (unpaired) electrons. The van der Waals surface area contributed by atoms with E-state index >= 15 is 0 Å². The van der Waals surface area contributed by atoms with Crippen LogP contribution in [-0.2, 0) is 0 Å². The van der Waals surface area contributed by atoms with Gasteiger partial charge in [0.25, 0.3) is 5.91 Å². The van der Waals surface area contributed by atoms with E-state index in [0.717, 1.165) is 17.9 Å². The van der Waals surface area contributed by atoms with Crippen LogP contribution in [0.3, 0.4) is 0 Å². The molecular formula is C23H32N4O. The number of carbonyl (C=O) groups excluding carboxylic acids is 1. The van der Waals surface area contributed by atoms with Crippen LogP contribution in [0.1, 0.15) is 68.1 Å². The second-order valence-electron chi connectivity index (χ2n) is 8.57. The second-order valence-corrected chi connectivity index (χ2v) is 8.57. The lowest BCUT2D eigenvalue weighted by Crippen LogP contribution is -2.51. The van der Waals surface area contributed by atoms with Crippen molar-refractivity contribution in [3.8, 4) is 5.69 Å². The van der Waals surface area contributed by atoms with Crippen molar-refractivity contribution in [3.63, 3.8) is 0 Å². The van der Waals surface area contributed by atoms with E-state index in [2.05, 4.69) is 29.2 Å². The van der Waals surface area contributed by atoms with E-state index in [-0.39, 0.29) is 5.91 Å². The summed E-state index contributed by atoms with van der Waals surface area (Å²) < 4.78 is 1.91. The first kappa shape index (κ1) is 19.2. The predicted molar refractivity (Wildman–Crippen MR) is 112 cm³/mol. The SMILES string of the molecule is CC(C)c1cc(C(=O)NC[C@@H]2CCCN3CCCC[C@H]23)nn1-c1ccccc1. The van der Waals surface area contributed by atoms with Crippen molar-refractivity contribution in [2.75, 3.05) is 19.6 Å². The molecule has 5 heteroatoms. The number of fused-ring (bicyclic) bond motifs is 1. The number of aromatic nitrogens is 2. The molecule has 1 aromatic carbocycles. The summed E-state index contributed by atoms with van der Waals surface area (Å²) in [5, 5.41) is 7.83. The summed E-state index contributed by atoms with van der Waals surface area (Å²) in [4.78, 5) is 15.5. The number of para-hydroxylation sites is 1. The quantitative estimate of drug-likeness (QED) is 0.853. The molecule has 1 aromatic heterocycles. The number of nitrogens with zero attached hydrogens (tertiary/aromatic N) is 3. The third-order valence-corrected chi connectivity index (χ3v) is 6.32. The van der Waals surface area contributed by atoms with Gasteiger partial charge in [0.15, 0.2) is 5.69 Å². The molecule has 0 saturated carbocycles. The first-order chi connectivity index (χ1) is 13.6. The van der Waals surface area contributed by atoms with Crippen molar-refractivity contribution in [1.82, 2.24) is 20.0 Å². The summed E-state index contributed by atoms with van der Waals surface area (Å²) in [7, 11) is 0. The summed E-state index contributed by atoms with van der Waals surface area (Å²) in [6, 6.07) is 12.6. The maximum Gasteiger partial charge on any atom is 0.271 e. The normalized spacial score (nSPS) is 22.8. The van der Waals surface area contributed by atoms with Crippen LogP contribution in [-0.4, -0.2) is 46.3 Å². The smallest absolute Gasteiger partial charge is 0.271 e. The summed E-state index contributed by atoms with van der Waals surface area (Å²) in [6.07, 6.45) is 6.39. The van der Waals surface area contributed by atoms with Crippen molar-refractivity contribution in [2.24, 2.45) is 5.92 Å². The van der Waals surface area contributed by atoms with Gasteiger partial charge in [-0.3, -0.25) is 4.79 Å². The highest BCUT2D eigenvalue weighted by molar-refractivity contribution is 5.92. The fourth-order valence-corrected chi connectivity index (χ4v) is 4.82. The third kappa shape index (κ3) is 4.00. The molecule has 0 aliphatic carbocycles. The topological polar surface area (TPSA) is 50.2 Å². The van der Waals surface area contributed by atoms with Gasteiger partial charge in [-0.2, -0.15) is 5.10 Å². The molecule has 2 atom stereocenters. The van der Waals surface area contributed by atoms with Crippen molar-refractivity contribution >= 4 is 5.91 Å². The zero-order chi connectivity index (χ0) is 19.5. The molecule has 2 saturated heterocycles. The number of amides is 1. The number of benzene rings is 1. The lowest BCUT2D eigenvalue weighted by molar-refractivity contribution is 0.0575. The Morgan fingerprint density at radius 3 is 2.71 bits per heavy atom. The number of hydrogen-bond acceptors (Lipinski definition) is 3. The van der Waals surface area contributed by atoms with Crippen LogP contribution >= 0.6 is 0 Å². The maximum atomic E-state index is 12.9. The Balaban J connectivity index is 1.46. The van der Waals surface area contributed by atoms with Crippen LogP contribution < -0.4 is 5.32 Å². The zero-order valence-electron chi connectivity index (χ0n) is 17.1. The van der Waals surface area contributed by atoms with E-state index in [1.807, 2.05) is 41.1 Å². The van der Waals surface area contributed by atoms with E-state index in [9.17, 15) is 4.79 Å². The van der Waals surface area contributed by atoms with Gasteiger partial charge in [-0.05, 0) is 68.8 Å². The molecule has 2 aliphatic heterocycles. The summed E-state index contributed by atoms with van der Waals surface area (Å²) in [5.74, 6) is 0.812. The minimum atomic E-state index is -0.0514. The average Bonchev–Trinajstić information content (AvgIpc) is 3.18. The van der Waals surface area contributed by atoms with Crippen molar-refractivity contribution in [3.05, 3.63) is 47.8 Å². The predicted octanol–water partition coefficient (Wildman–Crippen LogP) is 3.99. The molecule has 2 aromatic rings. The van der Waals surface area contributed by atoms with Crippen LogP contribution in [0.15, 0.2) is 36.4 Å². The Kier molecular flexibility index (Phi) is 5.81. The molecule has 1 amide bonds. The average molecular weight is 381 g/mol. The molecule has 4 rings (SSSR count). The van der Waals surface area contributed by atoms with Gasteiger partial charge in [-0.15, -0.1) is 0 Å². The summed E-state index contributed by atoms with van der Waals surface area (Å²) >= 11 is 0. The van der Waals surface area contributed by atoms with Gasteiger partial charge in [0.05, 0.1) is 5.69 Å². The molecule has 5 nitrogen and oxygen atoms in total. The van der Waals surface area contributed by atoms with Crippen molar-refractivity contribution in [2.45, 2.75) is 57.9 Å². The van der Waals surface area contributed by atoms with Crippen LogP contribution in [0, 0.1) is 5.92 Å². The number of rotatable bonds is 5. The van der Waals surface area contributed by atoms with Crippen LogP contribution in [0.4, 0.5) is 0 Å². The third-order valence-electron chi connectivity index (χ3n) is 6.32. The molecule has 28 heavy (non-hydrogen) atoms. The summed E-state index contributed by atoms with van der Waals surface area (Å²) in [6.45, 7) is 7.49. The molecular weight excluding hydrogens is 348 g/mol. The standard InChI is InChI=1S/C23H32N4O/c1-17(2)22-15-20(25-27(22)19-10-4-3-5-11-19)23(28)24-16-18-9-8-14-26-13-7-6-12-21(18)26/h3-5,10-11,15,17-18,21H,6-9,12-14,16H2,1-2H3,(H,24,28)/t18-,21+/m0/s1. The van der Waals surface area contributed by atoms with Crippen LogP contribution in [0.25, 0.3) is 5.69 Å². The van der Waals surface area contributed by atoms with E-state index in [0.29, 0.717) is 23.6 Å². The molecule has 2 fully saturated rings. The Morgan fingerprint density at radius 1 is 1.14 bits per heavy atom. The molecule has 0 bridgehead atoms. The van der Waals surface area contributed by atoms with Gasteiger partial charge < -0.3 is 10.2 Å². The number of carbonyl (C=O) groups is 1. The van der Waals surface area contributed by atoms with Crippen molar-refractivity contribution in [1.29, 1.82) is 0 Å². The highest BCUT2D eigenvalue weighted by Gasteiger charge is 2.33. The van der Waals surface area contributed by atoms with E-state index in [4.69, 9.17) is 0 Å². The largest absolute Gasteiger partial charge is 0.350 e. The lowest BCUT2D eigenvalue weighted by Gasteiger charge is -2.44. The van der Waals surface area contributed by atoms with Gasteiger partial charge in [-0.1, -0.05) is 38.5 Å². The molecule has 2 aliphatic rings. The van der Waals surface area contributed by atoms with E-state index < -0.39 is 0 Å². The molecule has 150 valence electrons. The maximum absolute atomic E-state index is 12.9. The van der Waals surface area contributed by atoms with E-state index in [1.54, 1.807) is 0 Å². The van der Waals surface area contributed by atoms with Crippen molar-refractivity contribution < 1.29 is 4.79 Å². The monoisotopic (exact) mass is 380 g/mol. The van der Waals surface area contributed by atoms with E-state index in [1.165, 1.54) is 45.2 Å². The minimum Gasteiger partial charge on any atom is -0.350 e. The van der Waals surface area contributed by atoms with Crippen LogP contribution in [0.5, 0.6) is 0 Å². The van der Waals surface area contributed by atoms with Gasteiger partial charge in [0.1, 0.15) is 0 Å². The first-order valence-corrected chi connectivity index (χ1v) is 10.8. The zero-order valence-corrected chi connectivity index (χ0v) is 17.1. The molecule has 3 heterocycles. The van der Waals surface area contributed by atoms with Gasteiger partial charge in [-0.25, -0.2) is 4.68 Å². The summed E-state index contributed by atoms with van der Waals surface area (Å²) in [5.41, 5.74) is 2.58. The lowest BCUT2D eigenvalue weighted by atomic mass is 9.83. The molecule has 0 unspecified atom stereocenters. The Morgan fingerprint density at radius 2 is 1.93 bits per heavy atom. The fourth-order valence-electron chi connectivity index (χ4n) is 4.82. The number of nitrogens with one attached hydrogen (secondary N) is 1. The number of hydrogen-bond donors (Lipinski definition) is 1. The first-order valence-electron chi connectivity index (χ1n) is 10.8. The van der Waals surface area contributed by atoms with Crippen LogP contribution in [0.2, 0.25) is 0 Å². The highest BCUT2D eigenvalue weighted by Crippen LogP contribution is 2.30. The Bertz CT molecular complexity index is 796. The Hall–Kier alpha value is -2.14. The fraction of sp³-hybridized carbons (Fsp3) is 0.565.